The molecule has 2 nitrogen and oxygen atoms in total. The third kappa shape index (κ3) is 4.57. The first-order valence-corrected chi connectivity index (χ1v) is 17.8. The highest BCUT2D eigenvalue weighted by Gasteiger charge is 2.35. The van der Waals surface area contributed by atoms with Crippen molar-refractivity contribution in [3.05, 3.63) is 193 Å². The van der Waals surface area contributed by atoms with Crippen molar-refractivity contribution >= 4 is 49.6 Å². The highest BCUT2D eigenvalue weighted by molar-refractivity contribution is 6.09. The topological polar surface area (TPSA) is 8.17 Å². The van der Waals surface area contributed by atoms with E-state index in [2.05, 4.69) is 205 Å². The van der Waals surface area contributed by atoms with Crippen molar-refractivity contribution in [1.29, 1.82) is 0 Å². The standard InChI is InChI=1S/C49H36N2/c1-49(2)45-19-8-5-15-41(45)42-31-30-38(32-46(42)49)50(35-24-22-34(23-25-35)40-18-11-13-33-12-3-4-14-39(33)40)36-26-28-37(29-27-36)51-47-20-9-6-16-43(47)44-17-7-10-21-48(44)51/h3-32H,1-2H3. The van der Waals surface area contributed by atoms with Gasteiger partial charge in [0.2, 0.25) is 0 Å². The second-order valence-corrected chi connectivity index (χ2v) is 14.2. The van der Waals surface area contributed by atoms with E-state index in [0.717, 1.165) is 22.7 Å². The Hall–Kier alpha value is -6.38. The van der Waals surface area contributed by atoms with Crippen molar-refractivity contribution in [3.8, 4) is 27.9 Å². The SMILES string of the molecule is CC1(C)c2ccccc2-c2ccc(N(c3ccc(-c4cccc5ccccc45)cc3)c3ccc(-n4c5ccccc5c5ccccc54)cc3)cc21. The van der Waals surface area contributed by atoms with Crippen LogP contribution in [0.3, 0.4) is 0 Å². The van der Waals surface area contributed by atoms with E-state index in [1.807, 2.05) is 0 Å². The van der Waals surface area contributed by atoms with Gasteiger partial charge in [0.1, 0.15) is 0 Å². The van der Waals surface area contributed by atoms with Crippen LogP contribution in [0.15, 0.2) is 182 Å². The van der Waals surface area contributed by atoms with E-state index in [9.17, 15) is 0 Å². The normalized spacial score (nSPS) is 13.1. The van der Waals surface area contributed by atoms with Crippen LogP contribution in [-0.4, -0.2) is 4.57 Å². The Balaban J connectivity index is 1.11. The van der Waals surface area contributed by atoms with Gasteiger partial charge < -0.3 is 9.47 Å². The largest absolute Gasteiger partial charge is 0.310 e. The number of nitrogens with zero attached hydrogens (tertiary/aromatic N) is 2. The summed E-state index contributed by atoms with van der Waals surface area (Å²) in [6, 6.07) is 66.6. The minimum Gasteiger partial charge on any atom is -0.310 e. The Labute approximate surface area is 298 Å². The smallest absolute Gasteiger partial charge is 0.0541 e. The van der Waals surface area contributed by atoms with Gasteiger partial charge >= 0.3 is 0 Å². The zero-order valence-electron chi connectivity index (χ0n) is 28.7. The second-order valence-electron chi connectivity index (χ2n) is 14.2. The molecule has 0 saturated heterocycles. The van der Waals surface area contributed by atoms with Gasteiger partial charge in [-0.25, -0.2) is 0 Å². The lowest BCUT2D eigenvalue weighted by atomic mass is 9.82. The Kier molecular flexibility index (Phi) is 6.56. The lowest BCUT2D eigenvalue weighted by Crippen LogP contribution is -2.16. The summed E-state index contributed by atoms with van der Waals surface area (Å²) in [4.78, 5) is 2.40. The maximum atomic E-state index is 2.41. The van der Waals surface area contributed by atoms with E-state index in [-0.39, 0.29) is 5.41 Å². The first-order valence-electron chi connectivity index (χ1n) is 17.8. The number of anilines is 3. The monoisotopic (exact) mass is 652 g/mol. The molecule has 2 heteroatoms. The Morgan fingerprint density at radius 2 is 0.941 bits per heavy atom. The Bertz CT molecular complexity index is 2710. The predicted molar refractivity (Wildman–Crippen MR) is 216 cm³/mol. The quantitative estimate of drug-likeness (QED) is 0.180. The van der Waals surface area contributed by atoms with Gasteiger partial charge in [-0.3, -0.25) is 0 Å². The fourth-order valence-corrected chi connectivity index (χ4v) is 8.50. The van der Waals surface area contributed by atoms with E-state index in [4.69, 9.17) is 0 Å². The van der Waals surface area contributed by atoms with Gasteiger partial charge in [-0.15, -0.1) is 0 Å². The van der Waals surface area contributed by atoms with E-state index in [1.165, 1.54) is 66.0 Å². The van der Waals surface area contributed by atoms with Gasteiger partial charge in [-0.2, -0.15) is 0 Å². The van der Waals surface area contributed by atoms with Crippen LogP contribution in [0.4, 0.5) is 17.1 Å². The summed E-state index contributed by atoms with van der Waals surface area (Å²) in [6.45, 7) is 4.70. The lowest BCUT2D eigenvalue weighted by Gasteiger charge is -2.28. The van der Waals surface area contributed by atoms with Crippen LogP contribution >= 0.6 is 0 Å². The van der Waals surface area contributed by atoms with Crippen molar-refractivity contribution in [1.82, 2.24) is 4.57 Å². The number of fused-ring (bicyclic) bond motifs is 7. The molecule has 1 aliphatic rings. The molecule has 0 saturated carbocycles. The molecule has 10 rings (SSSR count). The summed E-state index contributed by atoms with van der Waals surface area (Å²) in [7, 11) is 0. The average molecular weight is 653 g/mol. The summed E-state index contributed by atoms with van der Waals surface area (Å²) in [5.41, 5.74) is 14.7. The fourth-order valence-electron chi connectivity index (χ4n) is 8.50. The number of benzene rings is 8. The number of rotatable bonds is 5. The Morgan fingerprint density at radius 1 is 0.412 bits per heavy atom. The number of para-hydroxylation sites is 2. The number of hydrogen-bond acceptors (Lipinski definition) is 1. The fraction of sp³-hybridized carbons (Fsp3) is 0.0612. The molecular weight excluding hydrogens is 617 g/mol. The van der Waals surface area contributed by atoms with Crippen molar-refractivity contribution in [2.45, 2.75) is 19.3 Å². The number of hydrogen-bond donors (Lipinski definition) is 0. The third-order valence-corrected chi connectivity index (χ3v) is 11.0. The van der Waals surface area contributed by atoms with E-state index < -0.39 is 0 Å². The summed E-state index contributed by atoms with van der Waals surface area (Å²) < 4.78 is 2.38. The highest BCUT2D eigenvalue weighted by Crippen LogP contribution is 2.50. The van der Waals surface area contributed by atoms with Gasteiger partial charge in [0, 0.05) is 38.9 Å². The van der Waals surface area contributed by atoms with Gasteiger partial charge in [0.25, 0.3) is 0 Å². The molecule has 242 valence electrons. The minimum absolute atomic E-state index is 0.0910. The van der Waals surface area contributed by atoms with E-state index in [0.29, 0.717) is 0 Å². The summed E-state index contributed by atoms with van der Waals surface area (Å²) in [5.74, 6) is 0. The molecular formula is C49H36N2. The first kappa shape index (κ1) is 29.5. The number of aromatic nitrogens is 1. The molecule has 0 aliphatic heterocycles. The average Bonchev–Trinajstić information content (AvgIpc) is 3.64. The van der Waals surface area contributed by atoms with Crippen LogP contribution in [0.25, 0.3) is 60.5 Å². The zero-order chi connectivity index (χ0) is 34.1. The molecule has 0 radical (unpaired) electrons. The minimum atomic E-state index is -0.0910. The molecule has 0 bridgehead atoms. The molecule has 1 aliphatic carbocycles. The molecule has 0 spiro atoms. The Morgan fingerprint density at radius 3 is 1.67 bits per heavy atom. The molecule has 0 N–H and O–H groups in total. The van der Waals surface area contributed by atoms with E-state index in [1.54, 1.807) is 0 Å². The van der Waals surface area contributed by atoms with Crippen molar-refractivity contribution in [2.75, 3.05) is 4.90 Å². The summed E-state index contributed by atoms with van der Waals surface area (Å²) >= 11 is 0. The molecule has 0 amide bonds. The molecule has 8 aromatic carbocycles. The zero-order valence-corrected chi connectivity index (χ0v) is 28.7. The van der Waals surface area contributed by atoms with Gasteiger partial charge in [-0.05, 0) is 105 Å². The van der Waals surface area contributed by atoms with Gasteiger partial charge in [0.15, 0.2) is 0 Å². The second kappa shape index (κ2) is 11.3. The van der Waals surface area contributed by atoms with Crippen LogP contribution in [0.2, 0.25) is 0 Å². The molecule has 51 heavy (non-hydrogen) atoms. The van der Waals surface area contributed by atoms with Crippen LogP contribution in [-0.2, 0) is 5.41 Å². The van der Waals surface area contributed by atoms with Crippen LogP contribution in [0.1, 0.15) is 25.0 Å². The first-order chi connectivity index (χ1) is 25.1. The highest BCUT2D eigenvalue weighted by atomic mass is 15.1. The van der Waals surface area contributed by atoms with Crippen LogP contribution < -0.4 is 4.90 Å². The molecule has 1 heterocycles. The third-order valence-electron chi connectivity index (χ3n) is 11.0. The molecule has 9 aromatic rings. The molecule has 1 aromatic heterocycles. The summed E-state index contributed by atoms with van der Waals surface area (Å²) in [5, 5.41) is 5.06. The maximum absolute atomic E-state index is 2.41. The van der Waals surface area contributed by atoms with Gasteiger partial charge in [-0.1, -0.05) is 135 Å². The lowest BCUT2D eigenvalue weighted by molar-refractivity contribution is 0.660. The van der Waals surface area contributed by atoms with Crippen molar-refractivity contribution in [2.24, 2.45) is 0 Å². The maximum Gasteiger partial charge on any atom is 0.0541 e. The van der Waals surface area contributed by atoms with Crippen LogP contribution in [0, 0.1) is 0 Å². The van der Waals surface area contributed by atoms with Gasteiger partial charge in [0.05, 0.1) is 11.0 Å². The molecule has 0 fully saturated rings. The molecule has 0 unspecified atom stereocenters. The van der Waals surface area contributed by atoms with Crippen LogP contribution in [0.5, 0.6) is 0 Å². The van der Waals surface area contributed by atoms with Crippen molar-refractivity contribution in [3.63, 3.8) is 0 Å². The predicted octanol–water partition coefficient (Wildman–Crippen LogP) is 13.4. The molecule has 0 atom stereocenters. The van der Waals surface area contributed by atoms with E-state index >= 15 is 0 Å². The van der Waals surface area contributed by atoms with Crippen molar-refractivity contribution < 1.29 is 0 Å². The summed E-state index contributed by atoms with van der Waals surface area (Å²) in [6.07, 6.45) is 0.